The van der Waals surface area contributed by atoms with E-state index < -0.39 is 27.8 Å². The zero-order chi connectivity index (χ0) is 21.1. The summed E-state index contributed by atoms with van der Waals surface area (Å²) in [5, 5.41) is 0.686. The summed E-state index contributed by atoms with van der Waals surface area (Å²) in [6.45, 7) is 7.60. The number of benzene rings is 2. The minimum atomic E-state index is -0.645. The molecular weight excluding hydrogens is 368 g/mol. The van der Waals surface area contributed by atoms with Gasteiger partial charge in [0.25, 0.3) is 22.2 Å². The lowest BCUT2D eigenvalue weighted by molar-refractivity contribution is 0.312. The van der Waals surface area contributed by atoms with E-state index in [1.54, 1.807) is 12.1 Å². The van der Waals surface area contributed by atoms with Crippen LogP contribution in [-0.2, 0) is 5.54 Å². The van der Waals surface area contributed by atoms with Gasteiger partial charge in [-0.1, -0.05) is 31.0 Å². The second kappa shape index (κ2) is 6.37. The zero-order valence-electron chi connectivity index (χ0n) is 16.9. The quantitative estimate of drug-likeness (QED) is 0.537. The number of nitrogens with zero attached hydrogens (tertiary/aromatic N) is 2. The number of hydrogen-bond donors (Lipinski definition) is 0. The fourth-order valence-electron chi connectivity index (χ4n) is 4.18. The molecule has 0 N–H and O–H groups in total. The lowest BCUT2D eigenvalue weighted by Crippen LogP contribution is -2.40. The molecule has 0 radical (unpaired) electrons. The second-order valence-electron chi connectivity index (χ2n) is 8.23. The van der Waals surface area contributed by atoms with Crippen molar-refractivity contribution in [2.45, 2.75) is 46.1 Å². The van der Waals surface area contributed by atoms with Gasteiger partial charge in [-0.2, -0.15) is 0 Å². The summed E-state index contributed by atoms with van der Waals surface area (Å²) in [7, 11) is 0. The Morgan fingerprint density at radius 3 is 1.66 bits per heavy atom. The summed E-state index contributed by atoms with van der Waals surface area (Å²) in [4.78, 5) is 51.9. The average Bonchev–Trinajstić information content (AvgIpc) is 3.06. The van der Waals surface area contributed by atoms with Gasteiger partial charge in [-0.3, -0.25) is 23.7 Å². The van der Waals surface area contributed by atoms with Gasteiger partial charge in [0.1, 0.15) is 0 Å². The minimum Gasteiger partial charge on any atom is -0.269 e. The molecule has 0 spiro atoms. The van der Waals surface area contributed by atoms with E-state index in [4.69, 9.17) is 0 Å². The first-order valence-corrected chi connectivity index (χ1v) is 9.69. The second-order valence-corrected chi connectivity index (χ2v) is 8.23. The van der Waals surface area contributed by atoms with E-state index in [2.05, 4.69) is 0 Å². The topological polar surface area (TPSA) is 78.1 Å². The Morgan fingerprint density at radius 1 is 0.759 bits per heavy atom. The summed E-state index contributed by atoms with van der Waals surface area (Å²) >= 11 is 0. The predicted octanol–water partition coefficient (Wildman–Crippen LogP) is 2.75. The van der Waals surface area contributed by atoms with Crippen LogP contribution >= 0.6 is 0 Å². The number of aromatic nitrogens is 2. The van der Waals surface area contributed by atoms with Crippen LogP contribution in [0.3, 0.4) is 0 Å². The predicted molar refractivity (Wildman–Crippen MR) is 115 cm³/mol. The standard InChI is InChI=1S/C23H22N2O4/c1-5-10-23(3,4)25-21(28)17-11-15-16(12-18(17)22(25)29)20(27)24(19(15)26)14-8-6-13(2)7-9-14/h6-9,11-12H,5,10H2,1-4H3. The Labute approximate surface area is 166 Å². The Bertz CT molecular complexity index is 1380. The van der Waals surface area contributed by atoms with Gasteiger partial charge >= 0.3 is 0 Å². The van der Waals surface area contributed by atoms with E-state index in [9.17, 15) is 19.2 Å². The van der Waals surface area contributed by atoms with Crippen molar-refractivity contribution in [3.63, 3.8) is 0 Å². The molecule has 6 heteroatoms. The molecule has 148 valence electrons. The molecule has 0 aliphatic heterocycles. The van der Waals surface area contributed by atoms with Crippen LogP contribution in [0.1, 0.15) is 39.2 Å². The summed E-state index contributed by atoms with van der Waals surface area (Å²) in [6.07, 6.45) is 1.48. The van der Waals surface area contributed by atoms with Crippen molar-refractivity contribution in [2.75, 3.05) is 0 Å². The molecule has 0 aliphatic rings. The lowest BCUT2D eigenvalue weighted by Gasteiger charge is -2.24. The normalized spacial score (nSPS) is 12.3. The highest BCUT2D eigenvalue weighted by molar-refractivity contribution is 5.98. The van der Waals surface area contributed by atoms with Gasteiger partial charge in [0.2, 0.25) is 0 Å². The zero-order valence-corrected chi connectivity index (χ0v) is 16.9. The van der Waals surface area contributed by atoms with Crippen molar-refractivity contribution in [3.8, 4) is 5.69 Å². The summed E-state index contributed by atoms with van der Waals surface area (Å²) < 4.78 is 2.34. The molecule has 2 aromatic heterocycles. The molecular formula is C23H22N2O4. The van der Waals surface area contributed by atoms with Crippen molar-refractivity contribution in [2.24, 2.45) is 0 Å². The molecule has 0 aliphatic carbocycles. The van der Waals surface area contributed by atoms with Crippen LogP contribution in [0.4, 0.5) is 0 Å². The first-order valence-electron chi connectivity index (χ1n) is 9.69. The molecule has 0 fully saturated rings. The third kappa shape index (κ3) is 2.70. The summed E-state index contributed by atoms with van der Waals surface area (Å²) in [5.41, 5.74) is -0.971. The molecule has 0 saturated carbocycles. The maximum absolute atomic E-state index is 13.0. The van der Waals surface area contributed by atoms with Gasteiger partial charge in [-0.25, -0.2) is 4.57 Å². The fourth-order valence-corrected chi connectivity index (χ4v) is 4.18. The number of rotatable bonds is 4. The van der Waals surface area contributed by atoms with E-state index >= 15 is 0 Å². The van der Waals surface area contributed by atoms with Crippen LogP contribution in [0.5, 0.6) is 0 Å². The molecule has 6 nitrogen and oxygen atoms in total. The van der Waals surface area contributed by atoms with E-state index in [0.717, 1.165) is 16.6 Å². The number of aryl methyl sites for hydroxylation is 1. The van der Waals surface area contributed by atoms with Gasteiger partial charge in [0.15, 0.2) is 0 Å². The Kier molecular flexibility index (Phi) is 4.19. The molecule has 0 amide bonds. The molecule has 29 heavy (non-hydrogen) atoms. The van der Waals surface area contributed by atoms with E-state index in [-0.39, 0.29) is 21.5 Å². The molecule has 0 saturated heterocycles. The van der Waals surface area contributed by atoms with Gasteiger partial charge in [0.05, 0.1) is 27.2 Å². The van der Waals surface area contributed by atoms with Crippen molar-refractivity contribution in [1.29, 1.82) is 0 Å². The van der Waals surface area contributed by atoms with Gasteiger partial charge in [-0.05, 0) is 51.5 Å². The maximum Gasteiger partial charge on any atom is 0.266 e. The third-order valence-electron chi connectivity index (χ3n) is 5.65. The highest BCUT2D eigenvalue weighted by atomic mass is 16.2. The van der Waals surface area contributed by atoms with Crippen LogP contribution in [0.2, 0.25) is 0 Å². The first-order chi connectivity index (χ1) is 13.7. The lowest BCUT2D eigenvalue weighted by atomic mass is 9.99. The van der Waals surface area contributed by atoms with Crippen molar-refractivity contribution in [3.05, 3.63) is 83.4 Å². The minimum absolute atomic E-state index is 0.158. The summed E-state index contributed by atoms with van der Waals surface area (Å²) in [5.74, 6) is 0. The smallest absolute Gasteiger partial charge is 0.266 e. The van der Waals surface area contributed by atoms with Crippen LogP contribution in [0.15, 0.2) is 55.6 Å². The van der Waals surface area contributed by atoms with Crippen LogP contribution < -0.4 is 22.2 Å². The van der Waals surface area contributed by atoms with Crippen molar-refractivity contribution < 1.29 is 0 Å². The Morgan fingerprint density at radius 2 is 1.21 bits per heavy atom. The molecule has 2 heterocycles. The van der Waals surface area contributed by atoms with Crippen molar-refractivity contribution >= 4 is 21.5 Å². The van der Waals surface area contributed by atoms with Crippen LogP contribution in [0, 0.1) is 6.92 Å². The highest BCUT2D eigenvalue weighted by Gasteiger charge is 2.27. The number of hydrogen-bond acceptors (Lipinski definition) is 4. The number of fused-ring (bicyclic) bond motifs is 2. The Hall–Kier alpha value is -3.28. The molecule has 0 unspecified atom stereocenters. The Balaban J connectivity index is 2.07. The third-order valence-corrected chi connectivity index (χ3v) is 5.65. The van der Waals surface area contributed by atoms with Crippen LogP contribution in [-0.4, -0.2) is 9.13 Å². The van der Waals surface area contributed by atoms with Crippen LogP contribution in [0.25, 0.3) is 27.2 Å². The molecule has 4 aromatic rings. The molecule has 4 rings (SSSR count). The molecule has 0 atom stereocenters. The average molecular weight is 390 g/mol. The van der Waals surface area contributed by atoms with E-state index in [0.29, 0.717) is 12.1 Å². The van der Waals surface area contributed by atoms with Crippen molar-refractivity contribution in [1.82, 2.24) is 9.13 Å². The first kappa shape index (κ1) is 19.1. The largest absolute Gasteiger partial charge is 0.269 e. The highest BCUT2D eigenvalue weighted by Crippen LogP contribution is 2.22. The fraction of sp³-hybridized carbons (Fsp3) is 0.304. The van der Waals surface area contributed by atoms with E-state index in [1.165, 1.54) is 16.7 Å². The molecule has 0 bridgehead atoms. The van der Waals surface area contributed by atoms with Gasteiger partial charge < -0.3 is 0 Å². The van der Waals surface area contributed by atoms with Gasteiger partial charge in [0, 0.05) is 5.54 Å². The summed E-state index contributed by atoms with van der Waals surface area (Å²) in [6, 6.07) is 9.86. The van der Waals surface area contributed by atoms with Gasteiger partial charge in [-0.15, -0.1) is 0 Å². The SMILES string of the molecule is CCCC(C)(C)n1c(=O)c2cc3c(=O)n(-c4ccc(C)cc4)c(=O)c3cc2c1=O. The monoisotopic (exact) mass is 390 g/mol. The molecule has 2 aromatic carbocycles. The van der Waals surface area contributed by atoms with E-state index in [1.807, 2.05) is 39.8 Å². The maximum atomic E-state index is 13.0.